The summed E-state index contributed by atoms with van der Waals surface area (Å²) < 4.78 is 44.7. The van der Waals surface area contributed by atoms with Crippen molar-refractivity contribution in [1.29, 1.82) is 0 Å². The van der Waals surface area contributed by atoms with Gasteiger partial charge < -0.3 is 19.1 Å². The molecule has 4 rings (SSSR count). The Bertz CT molecular complexity index is 986. The molecular weight excluding hydrogens is 430 g/mol. The van der Waals surface area contributed by atoms with Gasteiger partial charge in [0.25, 0.3) is 0 Å². The second kappa shape index (κ2) is 10.1. The molecule has 2 aliphatic heterocycles. The van der Waals surface area contributed by atoms with Crippen LogP contribution in [0.15, 0.2) is 47.6 Å². The van der Waals surface area contributed by atoms with E-state index in [0.29, 0.717) is 30.6 Å². The van der Waals surface area contributed by atoms with Crippen molar-refractivity contribution in [2.75, 3.05) is 40.4 Å². The molecule has 2 aromatic rings. The molecule has 0 unspecified atom stereocenters. The van der Waals surface area contributed by atoms with E-state index in [2.05, 4.69) is 9.88 Å². The van der Waals surface area contributed by atoms with Crippen molar-refractivity contribution in [3.8, 4) is 17.2 Å². The fourth-order valence-corrected chi connectivity index (χ4v) is 6.18. The first-order valence-electron chi connectivity index (χ1n) is 11.0. The maximum Gasteiger partial charge on any atom is 0.246 e. The molecule has 174 valence electrons. The third kappa shape index (κ3) is 5.00. The van der Waals surface area contributed by atoms with Crippen molar-refractivity contribution in [1.82, 2.24) is 14.2 Å². The quantitative estimate of drug-likeness (QED) is 0.627. The average molecular weight is 462 g/mol. The van der Waals surface area contributed by atoms with Gasteiger partial charge in [-0.3, -0.25) is 4.98 Å². The molecule has 1 aromatic heterocycles. The van der Waals surface area contributed by atoms with E-state index in [1.807, 2.05) is 12.1 Å². The van der Waals surface area contributed by atoms with Gasteiger partial charge in [-0.15, -0.1) is 0 Å². The van der Waals surface area contributed by atoms with Gasteiger partial charge in [-0.05, 0) is 49.9 Å². The van der Waals surface area contributed by atoms with E-state index in [1.165, 1.54) is 20.3 Å². The van der Waals surface area contributed by atoms with Crippen LogP contribution in [0.5, 0.6) is 17.2 Å². The minimum Gasteiger partial charge on any atom is -0.497 e. The van der Waals surface area contributed by atoms with Gasteiger partial charge in [0.15, 0.2) is 0 Å². The third-order valence-electron chi connectivity index (χ3n) is 6.36. The van der Waals surface area contributed by atoms with Crippen molar-refractivity contribution < 1.29 is 22.6 Å². The lowest BCUT2D eigenvalue weighted by Crippen LogP contribution is -2.50. The van der Waals surface area contributed by atoms with Gasteiger partial charge in [0.05, 0.1) is 14.2 Å². The lowest BCUT2D eigenvalue weighted by Gasteiger charge is -2.41. The number of rotatable bonds is 7. The minimum atomic E-state index is -3.65. The molecule has 9 heteroatoms. The first kappa shape index (κ1) is 22.8. The molecular formula is C23H31N3O5S. The smallest absolute Gasteiger partial charge is 0.246 e. The molecule has 2 fully saturated rings. The molecule has 32 heavy (non-hydrogen) atoms. The summed E-state index contributed by atoms with van der Waals surface area (Å²) in [6.07, 6.45) is 7.29. The van der Waals surface area contributed by atoms with E-state index in [4.69, 9.17) is 14.2 Å². The zero-order chi connectivity index (χ0) is 22.6. The number of methoxy groups -OCH3 is 2. The third-order valence-corrected chi connectivity index (χ3v) is 8.28. The zero-order valence-electron chi connectivity index (χ0n) is 18.6. The molecule has 0 spiro atoms. The van der Waals surface area contributed by atoms with Crippen LogP contribution in [-0.4, -0.2) is 75.2 Å². The summed E-state index contributed by atoms with van der Waals surface area (Å²) in [5.41, 5.74) is 0. The van der Waals surface area contributed by atoms with Crippen LogP contribution in [0.2, 0.25) is 0 Å². The van der Waals surface area contributed by atoms with Crippen LogP contribution in [-0.2, 0) is 10.0 Å². The van der Waals surface area contributed by atoms with Crippen LogP contribution < -0.4 is 14.2 Å². The molecule has 0 atom stereocenters. The highest BCUT2D eigenvalue weighted by molar-refractivity contribution is 7.89. The molecule has 8 nitrogen and oxygen atoms in total. The Morgan fingerprint density at radius 1 is 0.875 bits per heavy atom. The Morgan fingerprint density at radius 3 is 2.19 bits per heavy atom. The first-order chi connectivity index (χ1) is 15.5. The Labute approximate surface area is 190 Å². The van der Waals surface area contributed by atoms with Crippen LogP contribution in [0, 0.1) is 0 Å². The molecule has 2 aliphatic rings. The Balaban J connectivity index is 1.33. The van der Waals surface area contributed by atoms with Gasteiger partial charge in [-0.25, -0.2) is 8.42 Å². The van der Waals surface area contributed by atoms with Crippen molar-refractivity contribution in [2.45, 2.75) is 42.7 Å². The number of piperidine rings is 2. The number of likely N-dealkylation sites (tertiary alicyclic amines) is 1. The summed E-state index contributed by atoms with van der Waals surface area (Å²) >= 11 is 0. The van der Waals surface area contributed by atoms with Gasteiger partial charge >= 0.3 is 0 Å². The normalized spacial score (nSPS) is 19.6. The van der Waals surface area contributed by atoms with Gasteiger partial charge in [-0.1, -0.05) is 0 Å². The highest BCUT2D eigenvalue weighted by Crippen LogP contribution is 2.33. The van der Waals surface area contributed by atoms with Gasteiger partial charge in [-0.2, -0.15) is 4.31 Å². The topological polar surface area (TPSA) is 81.2 Å². The number of nitrogens with zero attached hydrogens (tertiary/aromatic N) is 3. The molecule has 0 amide bonds. The number of sulfonamides is 1. The maximum absolute atomic E-state index is 13.3. The fraction of sp³-hybridized carbons (Fsp3) is 0.522. The van der Waals surface area contributed by atoms with E-state index in [-0.39, 0.29) is 11.0 Å². The SMILES string of the molecule is COc1ccc(OC)c(S(=O)(=O)N2CCC(N3CCC(Oc4ccncc4)CC3)CC2)c1. The van der Waals surface area contributed by atoms with Crippen LogP contribution in [0.1, 0.15) is 25.7 Å². The highest BCUT2D eigenvalue weighted by atomic mass is 32.2. The molecule has 0 bridgehead atoms. The molecule has 0 N–H and O–H groups in total. The van der Waals surface area contributed by atoms with Crippen molar-refractivity contribution >= 4 is 10.0 Å². The van der Waals surface area contributed by atoms with E-state index in [0.717, 1.165) is 44.5 Å². The summed E-state index contributed by atoms with van der Waals surface area (Å²) in [6.45, 7) is 2.94. The average Bonchev–Trinajstić information content (AvgIpc) is 2.85. The number of hydrogen-bond acceptors (Lipinski definition) is 7. The van der Waals surface area contributed by atoms with E-state index >= 15 is 0 Å². The highest BCUT2D eigenvalue weighted by Gasteiger charge is 2.35. The van der Waals surface area contributed by atoms with E-state index < -0.39 is 10.0 Å². The molecule has 0 aliphatic carbocycles. The second-order valence-corrected chi connectivity index (χ2v) is 10.1. The van der Waals surface area contributed by atoms with Gasteiger partial charge in [0.2, 0.25) is 10.0 Å². The van der Waals surface area contributed by atoms with Crippen LogP contribution in [0.4, 0.5) is 0 Å². The Hall–Kier alpha value is -2.36. The largest absolute Gasteiger partial charge is 0.497 e. The standard InChI is InChI=1S/C23H31N3O5S/c1-29-21-3-4-22(30-2)23(17-21)32(27,28)26-15-7-18(8-16-26)25-13-9-20(10-14-25)31-19-5-11-24-12-6-19/h3-6,11-12,17-18,20H,7-10,13-16H2,1-2H3. The predicted octanol–water partition coefficient (Wildman–Crippen LogP) is 2.80. The van der Waals surface area contributed by atoms with Crippen molar-refractivity contribution in [3.63, 3.8) is 0 Å². The van der Waals surface area contributed by atoms with E-state index in [1.54, 1.807) is 28.8 Å². The summed E-state index contributed by atoms with van der Waals surface area (Å²) in [5.74, 6) is 1.70. The number of benzene rings is 1. The number of ether oxygens (including phenoxy) is 3. The number of pyridine rings is 1. The van der Waals surface area contributed by atoms with Crippen LogP contribution in [0.3, 0.4) is 0 Å². The number of aromatic nitrogens is 1. The second-order valence-electron chi connectivity index (χ2n) is 8.19. The lowest BCUT2D eigenvalue weighted by atomic mass is 10.00. The minimum absolute atomic E-state index is 0.159. The molecule has 2 saturated heterocycles. The molecule has 1 aromatic carbocycles. The Morgan fingerprint density at radius 2 is 1.56 bits per heavy atom. The fourth-order valence-electron chi connectivity index (χ4n) is 4.54. The monoisotopic (exact) mass is 461 g/mol. The maximum atomic E-state index is 13.3. The van der Waals surface area contributed by atoms with Crippen LogP contribution >= 0.6 is 0 Å². The van der Waals surface area contributed by atoms with Crippen LogP contribution in [0.25, 0.3) is 0 Å². The summed E-state index contributed by atoms with van der Waals surface area (Å²) in [7, 11) is -0.646. The van der Waals surface area contributed by atoms with Gasteiger partial charge in [0.1, 0.15) is 28.2 Å². The molecule has 0 radical (unpaired) electrons. The summed E-state index contributed by atoms with van der Waals surface area (Å²) in [5, 5.41) is 0. The van der Waals surface area contributed by atoms with Crippen molar-refractivity contribution in [2.24, 2.45) is 0 Å². The Kier molecular flexibility index (Phi) is 7.17. The zero-order valence-corrected chi connectivity index (χ0v) is 19.5. The van der Waals surface area contributed by atoms with Gasteiger partial charge in [0, 0.05) is 50.7 Å². The number of hydrogen-bond donors (Lipinski definition) is 0. The summed E-state index contributed by atoms with van der Waals surface area (Å²) in [6, 6.07) is 9.05. The van der Waals surface area contributed by atoms with Crippen molar-refractivity contribution in [3.05, 3.63) is 42.7 Å². The summed E-state index contributed by atoms with van der Waals surface area (Å²) in [4.78, 5) is 6.67. The first-order valence-corrected chi connectivity index (χ1v) is 12.5. The van der Waals surface area contributed by atoms with E-state index in [9.17, 15) is 8.42 Å². The molecule has 0 saturated carbocycles. The lowest BCUT2D eigenvalue weighted by molar-refractivity contribution is 0.0585. The molecule has 3 heterocycles. The predicted molar refractivity (Wildman–Crippen MR) is 121 cm³/mol.